The Balaban J connectivity index is 1.69. The zero-order valence-electron chi connectivity index (χ0n) is 14.5. The molecule has 0 aliphatic carbocycles. The molecule has 0 saturated heterocycles. The number of nitrogens with zero attached hydrogens (tertiary/aromatic N) is 1. The number of hydrogen-bond donors (Lipinski definition) is 1. The molecule has 0 saturated carbocycles. The van der Waals surface area contributed by atoms with E-state index in [1.807, 2.05) is 38.1 Å². The molecule has 5 nitrogen and oxygen atoms in total. The molecule has 1 aliphatic rings. The van der Waals surface area contributed by atoms with Gasteiger partial charge in [0.25, 0.3) is 0 Å². The highest BCUT2D eigenvalue weighted by atomic mass is 16.5. The van der Waals surface area contributed by atoms with Gasteiger partial charge in [-0.05, 0) is 43.5 Å². The zero-order valence-corrected chi connectivity index (χ0v) is 14.5. The third kappa shape index (κ3) is 3.99. The van der Waals surface area contributed by atoms with Crippen molar-refractivity contribution in [1.82, 2.24) is 4.90 Å². The Morgan fingerprint density at radius 3 is 2.48 bits per heavy atom. The van der Waals surface area contributed by atoms with E-state index in [0.29, 0.717) is 24.5 Å². The molecule has 2 aromatic carbocycles. The number of anilines is 1. The van der Waals surface area contributed by atoms with Crippen LogP contribution in [0.1, 0.15) is 25.0 Å². The number of para-hydroxylation sites is 2. The van der Waals surface area contributed by atoms with E-state index in [4.69, 9.17) is 4.74 Å². The maximum atomic E-state index is 12.5. The van der Waals surface area contributed by atoms with Crippen molar-refractivity contribution in [2.75, 3.05) is 11.9 Å². The molecule has 5 heteroatoms. The standard InChI is InChI=1S/C20H22N2O3/c1-14(2)25-18-10-6-5-9-17(18)21-19(23)20(24)22-12-11-15-7-3-4-8-16(15)13-22/h3-10,14H,11-13H2,1-2H3,(H,21,23). The molecule has 0 aromatic heterocycles. The number of fused-ring (bicyclic) bond motifs is 1. The van der Waals surface area contributed by atoms with Crippen molar-refractivity contribution in [3.05, 3.63) is 59.7 Å². The van der Waals surface area contributed by atoms with E-state index in [2.05, 4.69) is 11.4 Å². The number of carbonyl (C=O) groups excluding carboxylic acids is 2. The van der Waals surface area contributed by atoms with Gasteiger partial charge in [-0.15, -0.1) is 0 Å². The first-order valence-electron chi connectivity index (χ1n) is 8.47. The Morgan fingerprint density at radius 2 is 1.72 bits per heavy atom. The van der Waals surface area contributed by atoms with Gasteiger partial charge < -0.3 is 15.0 Å². The molecule has 0 unspecified atom stereocenters. The summed E-state index contributed by atoms with van der Waals surface area (Å²) in [5.74, 6) is -0.601. The molecule has 2 aromatic rings. The molecule has 1 N–H and O–H groups in total. The maximum Gasteiger partial charge on any atom is 0.314 e. The number of rotatable bonds is 3. The van der Waals surface area contributed by atoms with Crippen molar-refractivity contribution >= 4 is 17.5 Å². The van der Waals surface area contributed by atoms with E-state index in [-0.39, 0.29) is 6.10 Å². The van der Waals surface area contributed by atoms with Gasteiger partial charge in [0, 0.05) is 13.1 Å². The first kappa shape index (κ1) is 17.0. The molecule has 130 valence electrons. The molecule has 1 aliphatic heterocycles. The van der Waals surface area contributed by atoms with Gasteiger partial charge in [0.2, 0.25) is 0 Å². The van der Waals surface area contributed by atoms with Gasteiger partial charge in [0.1, 0.15) is 5.75 Å². The summed E-state index contributed by atoms with van der Waals surface area (Å²) in [6, 6.07) is 15.1. The van der Waals surface area contributed by atoms with Crippen molar-refractivity contribution in [1.29, 1.82) is 0 Å². The van der Waals surface area contributed by atoms with Crippen LogP contribution in [0.25, 0.3) is 0 Å². The number of benzene rings is 2. The minimum Gasteiger partial charge on any atom is -0.489 e. The summed E-state index contributed by atoms with van der Waals surface area (Å²) in [6.45, 7) is 4.84. The van der Waals surface area contributed by atoms with Crippen LogP contribution in [0, 0.1) is 0 Å². The van der Waals surface area contributed by atoms with Crippen LogP contribution in [0.3, 0.4) is 0 Å². The fourth-order valence-corrected chi connectivity index (χ4v) is 2.92. The lowest BCUT2D eigenvalue weighted by atomic mass is 10.00. The smallest absolute Gasteiger partial charge is 0.314 e. The van der Waals surface area contributed by atoms with Gasteiger partial charge in [-0.25, -0.2) is 0 Å². The largest absolute Gasteiger partial charge is 0.489 e. The molecule has 0 fully saturated rings. The van der Waals surface area contributed by atoms with E-state index in [0.717, 1.165) is 12.0 Å². The van der Waals surface area contributed by atoms with Gasteiger partial charge in [-0.2, -0.15) is 0 Å². The topological polar surface area (TPSA) is 58.6 Å². The molecule has 0 bridgehead atoms. The van der Waals surface area contributed by atoms with Crippen LogP contribution in [-0.4, -0.2) is 29.4 Å². The summed E-state index contributed by atoms with van der Waals surface area (Å²) in [5.41, 5.74) is 2.84. The van der Waals surface area contributed by atoms with Gasteiger partial charge in [-0.3, -0.25) is 9.59 Å². The summed E-state index contributed by atoms with van der Waals surface area (Å²) in [7, 11) is 0. The van der Waals surface area contributed by atoms with Gasteiger partial charge in [0.15, 0.2) is 0 Å². The molecule has 2 amide bonds. The second-order valence-electron chi connectivity index (χ2n) is 6.36. The third-order valence-corrected chi connectivity index (χ3v) is 4.11. The molecule has 3 rings (SSSR count). The Labute approximate surface area is 147 Å². The predicted octanol–water partition coefficient (Wildman–Crippen LogP) is 3.00. The first-order chi connectivity index (χ1) is 12.0. The van der Waals surface area contributed by atoms with Crippen LogP contribution in [0.4, 0.5) is 5.69 Å². The normalized spacial score (nSPS) is 13.3. The Kier molecular flexibility index (Phi) is 5.03. The van der Waals surface area contributed by atoms with Crippen LogP contribution >= 0.6 is 0 Å². The number of amides is 2. The van der Waals surface area contributed by atoms with E-state index in [1.165, 1.54) is 5.56 Å². The second-order valence-corrected chi connectivity index (χ2v) is 6.36. The van der Waals surface area contributed by atoms with E-state index < -0.39 is 11.8 Å². The zero-order chi connectivity index (χ0) is 17.8. The Hall–Kier alpha value is -2.82. The van der Waals surface area contributed by atoms with Crippen LogP contribution in [-0.2, 0) is 22.6 Å². The monoisotopic (exact) mass is 338 g/mol. The van der Waals surface area contributed by atoms with Crippen molar-refractivity contribution in [3.63, 3.8) is 0 Å². The van der Waals surface area contributed by atoms with Gasteiger partial charge in [0.05, 0.1) is 11.8 Å². The summed E-state index contributed by atoms with van der Waals surface area (Å²) in [6.07, 6.45) is 0.745. The SMILES string of the molecule is CC(C)Oc1ccccc1NC(=O)C(=O)N1CCc2ccccc2C1. The number of hydrogen-bond acceptors (Lipinski definition) is 3. The summed E-state index contributed by atoms with van der Waals surface area (Å²) >= 11 is 0. The second kappa shape index (κ2) is 7.38. The lowest BCUT2D eigenvalue weighted by Crippen LogP contribution is -2.42. The predicted molar refractivity (Wildman–Crippen MR) is 96.4 cm³/mol. The summed E-state index contributed by atoms with van der Waals surface area (Å²) in [4.78, 5) is 26.5. The van der Waals surface area contributed by atoms with Crippen LogP contribution in [0.15, 0.2) is 48.5 Å². The third-order valence-electron chi connectivity index (χ3n) is 4.11. The molecular weight excluding hydrogens is 316 g/mol. The van der Waals surface area contributed by atoms with Crippen LogP contribution in [0.2, 0.25) is 0 Å². The van der Waals surface area contributed by atoms with Gasteiger partial charge >= 0.3 is 11.8 Å². The number of ether oxygens (including phenoxy) is 1. The quantitative estimate of drug-likeness (QED) is 0.875. The Morgan fingerprint density at radius 1 is 1.04 bits per heavy atom. The number of nitrogens with one attached hydrogen (secondary N) is 1. The van der Waals surface area contributed by atoms with Crippen molar-refractivity contribution < 1.29 is 14.3 Å². The van der Waals surface area contributed by atoms with Crippen molar-refractivity contribution in [2.24, 2.45) is 0 Å². The van der Waals surface area contributed by atoms with Crippen molar-refractivity contribution in [3.8, 4) is 5.75 Å². The van der Waals surface area contributed by atoms with Gasteiger partial charge in [-0.1, -0.05) is 36.4 Å². The first-order valence-corrected chi connectivity index (χ1v) is 8.47. The minimum absolute atomic E-state index is 0.0210. The highest BCUT2D eigenvalue weighted by molar-refractivity contribution is 6.39. The Bertz CT molecular complexity index is 786. The van der Waals surface area contributed by atoms with E-state index in [9.17, 15) is 9.59 Å². The maximum absolute atomic E-state index is 12.5. The van der Waals surface area contributed by atoms with Crippen LogP contribution < -0.4 is 10.1 Å². The lowest BCUT2D eigenvalue weighted by Gasteiger charge is -2.28. The average molecular weight is 338 g/mol. The number of carbonyl (C=O) groups is 2. The highest BCUT2D eigenvalue weighted by Gasteiger charge is 2.26. The summed E-state index contributed by atoms with van der Waals surface area (Å²) < 4.78 is 5.68. The molecule has 0 spiro atoms. The van der Waals surface area contributed by atoms with E-state index in [1.54, 1.807) is 23.1 Å². The minimum atomic E-state index is -0.640. The van der Waals surface area contributed by atoms with Crippen molar-refractivity contribution in [2.45, 2.75) is 32.9 Å². The molecular formula is C20H22N2O3. The summed E-state index contributed by atoms with van der Waals surface area (Å²) in [5, 5.41) is 2.68. The fourth-order valence-electron chi connectivity index (χ4n) is 2.92. The molecule has 25 heavy (non-hydrogen) atoms. The molecule has 0 radical (unpaired) electrons. The molecule has 1 heterocycles. The average Bonchev–Trinajstić information content (AvgIpc) is 2.62. The fraction of sp³-hybridized carbons (Fsp3) is 0.300. The van der Waals surface area contributed by atoms with E-state index >= 15 is 0 Å². The highest BCUT2D eigenvalue weighted by Crippen LogP contribution is 2.25. The lowest BCUT2D eigenvalue weighted by molar-refractivity contribution is -0.143. The van der Waals surface area contributed by atoms with Crippen LogP contribution in [0.5, 0.6) is 5.75 Å². The molecule has 0 atom stereocenters.